The van der Waals surface area contributed by atoms with E-state index in [4.69, 9.17) is 0 Å². The molecule has 0 fully saturated rings. The molecule has 0 rings (SSSR count). The minimum absolute atomic E-state index is 0.325. The largest absolute Gasteiger partial charge is 0.300 e. The Bertz CT molecular complexity index is 263. The minimum Gasteiger partial charge on any atom is -0.300 e. The highest BCUT2D eigenvalue weighted by atomic mass is 16.1. The summed E-state index contributed by atoms with van der Waals surface area (Å²) in [6, 6.07) is 0. The van der Waals surface area contributed by atoms with Gasteiger partial charge in [0.2, 0.25) is 0 Å². The summed E-state index contributed by atoms with van der Waals surface area (Å²) >= 11 is 0. The number of carbonyl (C=O) groups is 1. The lowest BCUT2D eigenvalue weighted by molar-refractivity contribution is -0.117. The lowest BCUT2D eigenvalue weighted by Gasteiger charge is -1.97. The first-order chi connectivity index (χ1) is 9.77. The van der Waals surface area contributed by atoms with Crippen LogP contribution < -0.4 is 0 Å². The lowest BCUT2D eigenvalue weighted by atomic mass is 10.1. The molecule has 0 atom stereocenters. The zero-order valence-electron chi connectivity index (χ0n) is 13.7. The molecule has 0 aliphatic rings. The van der Waals surface area contributed by atoms with E-state index in [0.717, 1.165) is 19.3 Å². The molecule has 0 N–H and O–H groups in total. The molecule has 0 aliphatic heterocycles. The first kappa shape index (κ1) is 19.1. The topological polar surface area (TPSA) is 17.1 Å². The summed E-state index contributed by atoms with van der Waals surface area (Å²) in [5, 5.41) is 0. The van der Waals surface area contributed by atoms with E-state index < -0.39 is 0 Å². The normalized spacial score (nSPS) is 11.7. The maximum absolute atomic E-state index is 10.8. The molecule has 1 heteroatoms. The van der Waals surface area contributed by atoms with Crippen LogP contribution in [0.3, 0.4) is 0 Å². The number of Topliss-reactive ketones (excluding diaryl/α,β-unsaturated/α-hetero) is 1. The van der Waals surface area contributed by atoms with Gasteiger partial charge in [0.05, 0.1) is 0 Å². The molecule has 0 heterocycles. The van der Waals surface area contributed by atoms with Crippen LogP contribution in [-0.2, 0) is 4.79 Å². The summed E-state index contributed by atoms with van der Waals surface area (Å²) in [6.45, 7) is 3.93. The van der Waals surface area contributed by atoms with E-state index in [2.05, 4.69) is 31.2 Å². The molecule has 0 spiro atoms. The second-order valence-electron chi connectivity index (χ2n) is 5.68. The average molecular weight is 278 g/mol. The number of allylic oxidation sites excluding steroid dienone is 4. The molecule has 0 unspecified atom stereocenters. The van der Waals surface area contributed by atoms with Crippen molar-refractivity contribution in [3.8, 4) is 0 Å². The van der Waals surface area contributed by atoms with E-state index in [0.29, 0.717) is 5.78 Å². The van der Waals surface area contributed by atoms with Gasteiger partial charge in [0, 0.05) is 6.42 Å². The van der Waals surface area contributed by atoms with Crippen molar-refractivity contribution in [3.63, 3.8) is 0 Å². The SMILES string of the molecule is CCCCCC/C=C\C/C=C\CCCCCCC(C)=O. The van der Waals surface area contributed by atoms with Gasteiger partial charge in [-0.2, -0.15) is 0 Å². The maximum Gasteiger partial charge on any atom is 0.129 e. The van der Waals surface area contributed by atoms with Crippen molar-refractivity contribution in [1.29, 1.82) is 0 Å². The van der Waals surface area contributed by atoms with Crippen LogP contribution >= 0.6 is 0 Å². The fourth-order valence-corrected chi connectivity index (χ4v) is 2.19. The van der Waals surface area contributed by atoms with Crippen molar-refractivity contribution in [3.05, 3.63) is 24.3 Å². The van der Waals surface area contributed by atoms with Crippen LogP contribution in [0.5, 0.6) is 0 Å². The van der Waals surface area contributed by atoms with Crippen molar-refractivity contribution in [1.82, 2.24) is 0 Å². The first-order valence-corrected chi connectivity index (χ1v) is 8.56. The molecule has 0 radical (unpaired) electrons. The monoisotopic (exact) mass is 278 g/mol. The molecular weight excluding hydrogens is 244 g/mol. The van der Waals surface area contributed by atoms with E-state index in [9.17, 15) is 4.79 Å². The van der Waals surface area contributed by atoms with Crippen LogP contribution in [0.25, 0.3) is 0 Å². The predicted octanol–water partition coefficient (Wildman–Crippen LogP) is 6.39. The van der Waals surface area contributed by atoms with Crippen molar-refractivity contribution >= 4 is 5.78 Å². The first-order valence-electron chi connectivity index (χ1n) is 8.56. The zero-order chi connectivity index (χ0) is 14.9. The molecule has 0 amide bonds. The molecular formula is C19H34O. The number of unbranched alkanes of at least 4 members (excludes halogenated alkanes) is 8. The second kappa shape index (κ2) is 16.2. The van der Waals surface area contributed by atoms with E-state index in [1.54, 1.807) is 6.92 Å². The Hall–Kier alpha value is -0.850. The number of hydrogen-bond donors (Lipinski definition) is 0. The van der Waals surface area contributed by atoms with E-state index >= 15 is 0 Å². The zero-order valence-corrected chi connectivity index (χ0v) is 13.7. The number of carbonyl (C=O) groups excluding carboxylic acids is 1. The van der Waals surface area contributed by atoms with Crippen LogP contribution in [0.4, 0.5) is 0 Å². The molecule has 0 saturated carbocycles. The van der Waals surface area contributed by atoms with Crippen molar-refractivity contribution in [2.75, 3.05) is 0 Å². The quantitative estimate of drug-likeness (QED) is 0.266. The maximum atomic E-state index is 10.8. The highest BCUT2D eigenvalue weighted by molar-refractivity contribution is 5.75. The molecule has 0 saturated heterocycles. The third kappa shape index (κ3) is 17.2. The Labute approximate surface area is 126 Å². The summed E-state index contributed by atoms with van der Waals surface area (Å²) in [7, 11) is 0. The summed E-state index contributed by atoms with van der Waals surface area (Å²) in [4.78, 5) is 10.8. The number of ketones is 1. The standard InChI is InChI=1S/C19H34O/c1-3-4-5-6-7-8-9-10-11-12-13-14-15-16-17-18-19(2)20/h8-9,11-12H,3-7,10,13-18H2,1-2H3/b9-8-,12-11-. The van der Waals surface area contributed by atoms with Gasteiger partial charge in [-0.1, -0.05) is 63.3 Å². The van der Waals surface area contributed by atoms with E-state index in [1.807, 2.05) is 0 Å². The molecule has 0 aromatic heterocycles. The third-order valence-corrected chi connectivity index (χ3v) is 3.48. The summed E-state index contributed by atoms with van der Waals surface area (Å²) in [5.74, 6) is 0.325. The Balaban J connectivity index is 3.19. The van der Waals surface area contributed by atoms with Crippen molar-refractivity contribution in [2.24, 2.45) is 0 Å². The second-order valence-corrected chi connectivity index (χ2v) is 5.68. The Kier molecular flexibility index (Phi) is 15.5. The number of rotatable bonds is 14. The van der Waals surface area contributed by atoms with Crippen LogP contribution in [0.2, 0.25) is 0 Å². The van der Waals surface area contributed by atoms with Crippen LogP contribution in [0.1, 0.15) is 90.9 Å². The van der Waals surface area contributed by atoms with Gasteiger partial charge >= 0.3 is 0 Å². The summed E-state index contributed by atoms with van der Waals surface area (Å²) < 4.78 is 0. The average Bonchev–Trinajstić information content (AvgIpc) is 2.43. The molecule has 20 heavy (non-hydrogen) atoms. The number of hydrogen-bond acceptors (Lipinski definition) is 1. The van der Waals surface area contributed by atoms with Gasteiger partial charge in [-0.15, -0.1) is 0 Å². The van der Waals surface area contributed by atoms with Gasteiger partial charge in [-0.25, -0.2) is 0 Å². The molecule has 0 aliphatic carbocycles. The Morgan fingerprint density at radius 1 is 0.750 bits per heavy atom. The third-order valence-electron chi connectivity index (χ3n) is 3.48. The summed E-state index contributed by atoms with van der Waals surface area (Å²) in [6.07, 6.45) is 23.6. The van der Waals surface area contributed by atoms with Gasteiger partial charge in [0.1, 0.15) is 5.78 Å². The molecule has 1 nitrogen and oxygen atoms in total. The van der Waals surface area contributed by atoms with Crippen LogP contribution in [0.15, 0.2) is 24.3 Å². The molecule has 0 aromatic carbocycles. The fourth-order valence-electron chi connectivity index (χ4n) is 2.19. The van der Waals surface area contributed by atoms with Crippen molar-refractivity contribution in [2.45, 2.75) is 90.9 Å². The minimum atomic E-state index is 0.325. The van der Waals surface area contributed by atoms with E-state index in [1.165, 1.54) is 57.8 Å². The van der Waals surface area contributed by atoms with Crippen LogP contribution in [-0.4, -0.2) is 5.78 Å². The van der Waals surface area contributed by atoms with Crippen LogP contribution in [0, 0.1) is 0 Å². The van der Waals surface area contributed by atoms with E-state index in [-0.39, 0.29) is 0 Å². The predicted molar refractivity (Wildman–Crippen MR) is 90.0 cm³/mol. The van der Waals surface area contributed by atoms with Gasteiger partial charge in [-0.3, -0.25) is 0 Å². The highest BCUT2D eigenvalue weighted by Gasteiger charge is 1.93. The summed E-state index contributed by atoms with van der Waals surface area (Å²) in [5.41, 5.74) is 0. The highest BCUT2D eigenvalue weighted by Crippen LogP contribution is 2.07. The Morgan fingerprint density at radius 2 is 1.30 bits per heavy atom. The Morgan fingerprint density at radius 3 is 1.85 bits per heavy atom. The smallest absolute Gasteiger partial charge is 0.129 e. The van der Waals surface area contributed by atoms with Crippen molar-refractivity contribution < 1.29 is 4.79 Å². The molecule has 0 bridgehead atoms. The molecule has 116 valence electrons. The van der Waals surface area contributed by atoms with Gasteiger partial charge in [0.25, 0.3) is 0 Å². The lowest BCUT2D eigenvalue weighted by Crippen LogP contribution is -1.88. The fraction of sp³-hybridized carbons (Fsp3) is 0.737. The van der Waals surface area contributed by atoms with Gasteiger partial charge < -0.3 is 4.79 Å². The molecule has 0 aromatic rings. The van der Waals surface area contributed by atoms with Gasteiger partial charge in [0.15, 0.2) is 0 Å². The van der Waals surface area contributed by atoms with Gasteiger partial charge in [-0.05, 0) is 45.4 Å².